The molecule has 34 heavy (non-hydrogen) atoms. The number of aromatic nitrogens is 4. The summed E-state index contributed by atoms with van der Waals surface area (Å²) in [5.74, 6) is -4.35. The predicted octanol–water partition coefficient (Wildman–Crippen LogP) is 3.39. The molecule has 1 amide bonds. The fourth-order valence-electron chi connectivity index (χ4n) is 4.22. The Morgan fingerprint density at radius 2 is 1.94 bits per heavy atom. The second kappa shape index (κ2) is 9.84. The standard InChI is InChI=1S/C22H26F3N7O2/c1-2-12(10-33)28-21-27-9-16-20(31-21)32(13-5-3-11(4-6-13)19(26)34)22(30-16)29-15-8-7-14(23)17(24)18(15)25/h7-9,11-13,33H,2-6,10H2,1H3,(H2,26,34)(H,29,30)(H,27,28,31). The van der Waals surface area contributed by atoms with Crippen molar-refractivity contribution in [3.63, 3.8) is 0 Å². The molecule has 1 aliphatic carbocycles. The number of aliphatic hydroxyl groups excluding tert-OH is 1. The summed E-state index contributed by atoms with van der Waals surface area (Å²) in [7, 11) is 0. The predicted molar refractivity (Wildman–Crippen MR) is 120 cm³/mol. The number of hydrogen-bond acceptors (Lipinski definition) is 7. The van der Waals surface area contributed by atoms with Crippen LogP contribution in [0, 0.1) is 23.4 Å². The van der Waals surface area contributed by atoms with E-state index >= 15 is 0 Å². The van der Waals surface area contributed by atoms with E-state index < -0.39 is 17.5 Å². The van der Waals surface area contributed by atoms with Crippen LogP contribution in [0.3, 0.4) is 0 Å². The van der Waals surface area contributed by atoms with Crippen LogP contribution in [0.1, 0.15) is 45.1 Å². The van der Waals surface area contributed by atoms with Crippen molar-refractivity contribution < 1.29 is 23.1 Å². The second-order valence-corrected chi connectivity index (χ2v) is 8.40. The highest BCUT2D eigenvalue weighted by Gasteiger charge is 2.29. The molecular weight excluding hydrogens is 451 g/mol. The zero-order chi connectivity index (χ0) is 24.4. The van der Waals surface area contributed by atoms with Gasteiger partial charge in [-0.1, -0.05) is 6.92 Å². The van der Waals surface area contributed by atoms with Crippen molar-refractivity contribution in [1.29, 1.82) is 0 Å². The van der Waals surface area contributed by atoms with Crippen molar-refractivity contribution in [1.82, 2.24) is 19.5 Å². The minimum atomic E-state index is -1.59. The van der Waals surface area contributed by atoms with Gasteiger partial charge in [-0.15, -0.1) is 0 Å². The van der Waals surface area contributed by atoms with Crippen LogP contribution in [0.25, 0.3) is 11.2 Å². The molecule has 0 aliphatic heterocycles. The van der Waals surface area contributed by atoms with E-state index in [2.05, 4.69) is 25.6 Å². The smallest absolute Gasteiger partial charge is 0.225 e. The summed E-state index contributed by atoms with van der Waals surface area (Å²) in [5, 5.41) is 15.3. The van der Waals surface area contributed by atoms with E-state index in [4.69, 9.17) is 5.73 Å². The number of benzene rings is 1. The van der Waals surface area contributed by atoms with Crippen LogP contribution in [0.4, 0.5) is 30.8 Å². The van der Waals surface area contributed by atoms with Crippen LogP contribution in [0.15, 0.2) is 18.3 Å². The van der Waals surface area contributed by atoms with Crippen LogP contribution in [-0.4, -0.2) is 43.2 Å². The molecule has 12 heteroatoms. The summed E-state index contributed by atoms with van der Waals surface area (Å²) in [4.78, 5) is 24.9. The number of hydrogen-bond donors (Lipinski definition) is 4. The summed E-state index contributed by atoms with van der Waals surface area (Å²) in [6.45, 7) is 1.81. The molecule has 3 aromatic rings. The van der Waals surface area contributed by atoms with Gasteiger partial charge in [-0.25, -0.2) is 23.1 Å². The molecule has 9 nitrogen and oxygen atoms in total. The molecule has 1 saturated carbocycles. The molecular formula is C22H26F3N7O2. The Labute approximate surface area is 193 Å². The first kappa shape index (κ1) is 23.7. The van der Waals surface area contributed by atoms with Crippen molar-refractivity contribution in [2.45, 2.75) is 51.1 Å². The average molecular weight is 477 g/mol. The minimum Gasteiger partial charge on any atom is -0.394 e. The summed E-state index contributed by atoms with van der Waals surface area (Å²) >= 11 is 0. The van der Waals surface area contributed by atoms with E-state index in [1.165, 1.54) is 6.20 Å². The Balaban J connectivity index is 1.75. The van der Waals surface area contributed by atoms with Gasteiger partial charge in [-0.2, -0.15) is 4.98 Å². The van der Waals surface area contributed by atoms with Crippen LogP contribution >= 0.6 is 0 Å². The number of halogens is 3. The minimum absolute atomic E-state index is 0.101. The van der Waals surface area contributed by atoms with Crippen molar-refractivity contribution >= 4 is 34.7 Å². The van der Waals surface area contributed by atoms with E-state index in [1.807, 2.05) is 6.92 Å². The van der Waals surface area contributed by atoms with Crippen molar-refractivity contribution in [3.8, 4) is 0 Å². The van der Waals surface area contributed by atoms with Gasteiger partial charge in [0.15, 0.2) is 23.1 Å². The van der Waals surface area contributed by atoms with Gasteiger partial charge in [0.25, 0.3) is 0 Å². The number of nitrogens with two attached hydrogens (primary N) is 1. The zero-order valence-electron chi connectivity index (χ0n) is 18.6. The maximum atomic E-state index is 14.4. The first-order chi connectivity index (χ1) is 16.3. The van der Waals surface area contributed by atoms with Gasteiger partial charge >= 0.3 is 0 Å². The fourth-order valence-corrected chi connectivity index (χ4v) is 4.22. The van der Waals surface area contributed by atoms with E-state index in [0.29, 0.717) is 43.3 Å². The van der Waals surface area contributed by atoms with E-state index in [1.54, 1.807) is 4.57 Å². The number of fused-ring (bicyclic) bond motifs is 1. The highest BCUT2D eigenvalue weighted by molar-refractivity contribution is 5.78. The third-order valence-corrected chi connectivity index (χ3v) is 6.23. The fraction of sp³-hybridized carbons (Fsp3) is 0.455. The number of primary amides is 1. The molecule has 4 rings (SSSR count). The number of nitrogens with one attached hydrogen (secondary N) is 2. The molecule has 1 atom stereocenters. The summed E-state index contributed by atoms with van der Waals surface area (Å²) in [5.41, 5.74) is 6.03. The van der Waals surface area contributed by atoms with E-state index in [0.717, 1.165) is 12.1 Å². The lowest BCUT2D eigenvalue weighted by molar-refractivity contribution is -0.122. The first-order valence-electron chi connectivity index (χ1n) is 11.1. The number of aliphatic hydroxyl groups is 1. The summed E-state index contributed by atoms with van der Waals surface area (Å²) < 4.78 is 43.3. The third kappa shape index (κ3) is 4.63. The molecule has 0 saturated heterocycles. The number of carbonyl (C=O) groups excluding carboxylic acids is 1. The van der Waals surface area contributed by atoms with Crippen LogP contribution in [0.5, 0.6) is 0 Å². The Bertz CT molecular complexity index is 1190. The zero-order valence-corrected chi connectivity index (χ0v) is 18.6. The number of carbonyl (C=O) groups is 1. The lowest BCUT2D eigenvalue weighted by Crippen LogP contribution is -2.29. The lowest BCUT2D eigenvalue weighted by atomic mass is 9.85. The van der Waals surface area contributed by atoms with Gasteiger partial charge in [-0.05, 0) is 44.2 Å². The topological polar surface area (TPSA) is 131 Å². The summed E-state index contributed by atoms with van der Waals surface area (Å²) in [6.07, 6.45) is 4.46. The lowest BCUT2D eigenvalue weighted by Gasteiger charge is -2.29. The van der Waals surface area contributed by atoms with Gasteiger partial charge in [-0.3, -0.25) is 9.36 Å². The van der Waals surface area contributed by atoms with Crippen LogP contribution in [0.2, 0.25) is 0 Å². The van der Waals surface area contributed by atoms with Crippen LogP contribution < -0.4 is 16.4 Å². The Hall–Kier alpha value is -3.41. The molecule has 2 heterocycles. The number of rotatable bonds is 8. The normalized spacial score (nSPS) is 19.2. The van der Waals surface area contributed by atoms with Crippen molar-refractivity contribution in [3.05, 3.63) is 35.8 Å². The maximum absolute atomic E-state index is 14.4. The SMILES string of the molecule is CCC(CO)Nc1ncc2nc(Nc3ccc(F)c(F)c3F)n(C3CCC(C(N)=O)CC3)c2n1. The molecule has 1 unspecified atom stereocenters. The highest BCUT2D eigenvalue weighted by Crippen LogP contribution is 2.37. The highest BCUT2D eigenvalue weighted by atomic mass is 19.2. The largest absolute Gasteiger partial charge is 0.394 e. The Morgan fingerprint density at radius 3 is 2.59 bits per heavy atom. The first-order valence-corrected chi connectivity index (χ1v) is 11.1. The third-order valence-electron chi connectivity index (χ3n) is 6.23. The molecule has 2 aromatic heterocycles. The monoisotopic (exact) mass is 477 g/mol. The number of nitrogens with zero attached hydrogens (tertiary/aromatic N) is 4. The van der Waals surface area contributed by atoms with Crippen LogP contribution in [-0.2, 0) is 4.79 Å². The Morgan fingerprint density at radius 1 is 1.21 bits per heavy atom. The Kier molecular flexibility index (Phi) is 6.87. The molecule has 5 N–H and O–H groups in total. The van der Waals surface area contributed by atoms with E-state index in [-0.39, 0.29) is 48.1 Å². The molecule has 1 aromatic carbocycles. The maximum Gasteiger partial charge on any atom is 0.225 e. The number of imidazole rings is 1. The average Bonchev–Trinajstić information content (AvgIpc) is 3.20. The van der Waals surface area contributed by atoms with E-state index in [9.17, 15) is 23.1 Å². The van der Waals surface area contributed by atoms with Crippen molar-refractivity contribution in [2.75, 3.05) is 17.2 Å². The molecule has 182 valence electrons. The number of anilines is 3. The summed E-state index contributed by atoms with van der Waals surface area (Å²) in [6, 6.07) is 1.52. The van der Waals surface area contributed by atoms with Gasteiger partial charge < -0.3 is 21.5 Å². The van der Waals surface area contributed by atoms with Gasteiger partial charge in [0.1, 0.15) is 5.52 Å². The second-order valence-electron chi connectivity index (χ2n) is 8.40. The molecule has 0 bridgehead atoms. The van der Waals surface area contributed by atoms with Gasteiger partial charge in [0.05, 0.1) is 24.5 Å². The molecule has 0 radical (unpaired) electrons. The number of amides is 1. The molecule has 0 spiro atoms. The van der Waals surface area contributed by atoms with Crippen molar-refractivity contribution in [2.24, 2.45) is 11.7 Å². The van der Waals surface area contributed by atoms with Gasteiger partial charge in [0.2, 0.25) is 17.8 Å². The molecule has 1 fully saturated rings. The van der Waals surface area contributed by atoms with Gasteiger partial charge in [0, 0.05) is 12.0 Å². The molecule has 1 aliphatic rings. The quantitative estimate of drug-likeness (QED) is 0.366.